The average Bonchev–Trinajstić information content (AvgIpc) is 3.37. The summed E-state index contributed by atoms with van der Waals surface area (Å²) in [5, 5.41) is 15.7. The van der Waals surface area contributed by atoms with E-state index < -0.39 is 5.91 Å². The van der Waals surface area contributed by atoms with Gasteiger partial charge in [0.15, 0.2) is 5.84 Å². The SMILES string of the molecule is Cc1cccc(OCC2=NN3C(=N)/C(=C/c4cc(C)n(-c5cc(C)ccc5C)c4C)C(=O)N=C3S2)c1. The second-order valence-corrected chi connectivity index (χ2v) is 10.1. The lowest BCUT2D eigenvalue weighted by Gasteiger charge is -2.20. The average molecular weight is 498 g/mol. The van der Waals surface area contributed by atoms with Gasteiger partial charge in [-0.25, -0.2) is 0 Å². The van der Waals surface area contributed by atoms with Crippen LogP contribution in [0.1, 0.15) is 33.6 Å². The molecule has 0 saturated carbocycles. The van der Waals surface area contributed by atoms with Gasteiger partial charge in [0.25, 0.3) is 5.91 Å². The van der Waals surface area contributed by atoms with Crippen molar-refractivity contribution in [2.75, 3.05) is 6.61 Å². The van der Waals surface area contributed by atoms with Crippen LogP contribution >= 0.6 is 11.8 Å². The number of ether oxygens (including phenoxy) is 1. The van der Waals surface area contributed by atoms with E-state index in [0.717, 1.165) is 34.0 Å². The number of amidine groups is 2. The second kappa shape index (κ2) is 9.28. The Labute approximate surface area is 214 Å². The number of hydrogen-bond donors (Lipinski definition) is 1. The molecule has 3 heterocycles. The molecule has 1 N–H and O–H groups in total. The lowest BCUT2D eigenvalue weighted by molar-refractivity contribution is -0.114. The van der Waals surface area contributed by atoms with Crippen molar-refractivity contribution >= 4 is 39.8 Å². The smallest absolute Gasteiger partial charge is 0.283 e. The third-order valence-electron chi connectivity index (χ3n) is 6.22. The first-order chi connectivity index (χ1) is 17.2. The molecular weight excluding hydrogens is 470 g/mol. The van der Waals surface area contributed by atoms with Gasteiger partial charge in [-0.3, -0.25) is 10.2 Å². The second-order valence-electron chi connectivity index (χ2n) is 9.07. The number of nitrogens with one attached hydrogen (secondary N) is 1. The first kappa shape index (κ1) is 23.8. The van der Waals surface area contributed by atoms with Crippen LogP contribution in [0.2, 0.25) is 0 Å². The van der Waals surface area contributed by atoms with E-state index in [1.165, 1.54) is 27.9 Å². The quantitative estimate of drug-likeness (QED) is 0.457. The van der Waals surface area contributed by atoms with Gasteiger partial charge in [-0.15, -0.1) is 0 Å². The van der Waals surface area contributed by atoms with Crippen molar-refractivity contribution in [1.82, 2.24) is 9.58 Å². The van der Waals surface area contributed by atoms with Crippen LogP contribution in [0.4, 0.5) is 0 Å². The summed E-state index contributed by atoms with van der Waals surface area (Å²) in [5.41, 5.74) is 7.70. The summed E-state index contributed by atoms with van der Waals surface area (Å²) >= 11 is 1.25. The van der Waals surface area contributed by atoms with E-state index in [4.69, 9.17) is 10.1 Å². The molecule has 0 aliphatic carbocycles. The molecule has 7 nitrogen and oxygen atoms in total. The molecule has 2 aliphatic heterocycles. The number of thioether (sulfide) groups is 1. The Hall–Kier alpha value is -3.91. The van der Waals surface area contributed by atoms with E-state index in [2.05, 4.69) is 46.7 Å². The Morgan fingerprint density at radius 1 is 1.03 bits per heavy atom. The van der Waals surface area contributed by atoms with Crippen molar-refractivity contribution in [1.29, 1.82) is 5.41 Å². The zero-order chi connectivity index (χ0) is 25.6. The van der Waals surface area contributed by atoms with Crippen molar-refractivity contribution in [3.05, 3.63) is 87.7 Å². The molecule has 2 aliphatic rings. The Kier molecular flexibility index (Phi) is 6.14. The topological polar surface area (TPSA) is 83.0 Å². The molecule has 1 aromatic heterocycles. The molecule has 1 amide bonds. The normalized spacial score (nSPS) is 16.4. The van der Waals surface area contributed by atoms with Crippen LogP contribution < -0.4 is 4.74 Å². The molecule has 0 unspecified atom stereocenters. The molecule has 182 valence electrons. The Bertz CT molecular complexity index is 1510. The zero-order valence-electron chi connectivity index (χ0n) is 20.9. The fourth-order valence-electron chi connectivity index (χ4n) is 4.36. The molecule has 5 rings (SSSR count). The third kappa shape index (κ3) is 4.40. The van der Waals surface area contributed by atoms with Crippen LogP contribution in [-0.4, -0.2) is 38.1 Å². The highest BCUT2D eigenvalue weighted by Gasteiger charge is 2.36. The van der Waals surface area contributed by atoms with Crippen molar-refractivity contribution in [3.63, 3.8) is 0 Å². The maximum Gasteiger partial charge on any atom is 0.283 e. The van der Waals surface area contributed by atoms with Crippen LogP contribution in [-0.2, 0) is 4.79 Å². The van der Waals surface area contributed by atoms with Gasteiger partial charge < -0.3 is 9.30 Å². The molecule has 3 aromatic rings. The minimum Gasteiger partial charge on any atom is -0.487 e. The predicted molar refractivity (Wildman–Crippen MR) is 146 cm³/mol. The number of carbonyl (C=O) groups excluding carboxylic acids is 1. The number of benzene rings is 2. The van der Waals surface area contributed by atoms with E-state index in [1.54, 1.807) is 6.08 Å². The number of aliphatic imine (C=N–C) groups is 1. The number of hydrogen-bond acceptors (Lipinski definition) is 5. The Morgan fingerprint density at radius 3 is 2.58 bits per heavy atom. The highest BCUT2D eigenvalue weighted by molar-refractivity contribution is 8.27. The van der Waals surface area contributed by atoms with E-state index in [-0.39, 0.29) is 18.0 Å². The molecule has 0 bridgehead atoms. The predicted octanol–water partition coefficient (Wildman–Crippen LogP) is 5.72. The fourth-order valence-corrected chi connectivity index (χ4v) is 5.16. The molecule has 0 atom stereocenters. The molecule has 2 aromatic carbocycles. The number of aromatic nitrogens is 1. The maximum absolute atomic E-state index is 12.9. The number of amides is 1. The van der Waals surface area contributed by atoms with Gasteiger partial charge in [0.2, 0.25) is 5.17 Å². The van der Waals surface area contributed by atoms with Gasteiger partial charge >= 0.3 is 0 Å². The standard InChI is InChI=1S/C28H27N5O2S/c1-16-7-6-8-22(11-16)35-15-25-31-33-26(29)23(27(34)30-28(33)36-25)14-21-13-19(4)32(20(21)5)24-12-17(2)9-10-18(24)3/h6-14,29H,15H2,1-5H3/b23-14-,29-26?. The van der Waals surface area contributed by atoms with Crippen molar-refractivity contribution in [2.24, 2.45) is 10.1 Å². The number of fused-ring (bicyclic) bond motifs is 1. The van der Waals surface area contributed by atoms with Crippen LogP contribution in [0.25, 0.3) is 11.8 Å². The van der Waals surface area contributed by atoms with Crippen LogP contribution in [0.5, 0.6) is 5.75 Å². The van der Waals surface area contributed by atoms with Crippen molar-refractivity contribution in [2.45, 2.75) is 34.6 Å². The van der Waals surface area contributed by atoms with Gasteiger partial charge in [-0.2, -0.15) is 15.1 Å². The van der Waals surface area contributed by atoms with E-state index >= 15 is 0 Å². The molecular formula is C28H27N5O2S. The summed E-state index contributed by atoms with van der Waals surface area (Å²) in [6.45, 7) is 10.5. The summed E-state index contributed by atoms with van der Waals surface area (Å²) in [6.07, 6.45) is 1.75. The summed E-state index contributed by atoms with van der Waals surface area (Å²) < 4.78 is 8.03. The number of hydrazone groups is 1. The zero-order valence-corrected chi connectivity index (χ0v) is 21.7. The fraction of sp³-hybridized carbons (Fsp3) is 0.214. The molecule has 0 fully saturated rings. The Balaban J connectivity index is 1.42. The largest absolute Gasteiger partial charge is 0.487 e. The van der Waals surface area contributed by atoms with Gasteiger partial charge in [0.1, 0.15) is 17.4 Å². The van der Waals surface area contributed by atoms with E-state index in [9.17, 15) is 4.79 Å². The number of aryl methyl sites for hydroxylation is 4. The lowest BCUT2D eigenvalue weighted by Crippen LogP contribution is -2.35. The van der Waals surface area contributed by atoms with Crippen LogP contribution in [0.15, 0.2) is 64.2 Å². The molecule has 0 radical (unpaired) electrons. The van der Waals surface area contributed by atoms with Crippen LogP contribution in [0.3, 0.4) is 0 Å². The lowest BCUT2D eigenvalue weighted by atomic mass is 10.1. The highest BCUT2D eigenvalue weighted by atomic mass is 32.2. The van der Waals surface area contributed by atoms with Gasteiger partial charge in [-0.1, -0.05) is 24.3 Å². The minimum absolute atomic E-state index is 0.0135. The molecule has 0 spiro atoms. The van der Waals surface area contributed by atoms with Gasteiger partial charge in [0.05, 0.1) is 5.57 Å². The molecule has 8 heteroatoms. The van der Waals surface area contributed by atoms with Crippen molar-refractivity contribution < 1.29 is 9.53 Å². The summed E-state index contributed by atoms with van der Waals surface area (Å²) in [7, 11) is 0. The summed E-state index contributed by atoms with van der Waals surface area (Å²) in [5.74, 6) is 0.321. The molecule has 0 saturated heterocycles. The Morgan fingerprint density at radius 2 is 1.81 bits per heavy atom. The van der Waals surface area contributed by atoms with E-state index in [0.29, 0.717) is 10.2 Å². The number of nitrogens with zero attached hydrogens (tertiary/aromatic N) is 4. The number of carbonyl (C=O) groups is 1. The summed E-state index contributed by atoms with van der Waals surface area (Å²) in [4.78, 5) is 17.1. The first-order valence-electron chi connectivity index (χ1n) is 11.7. The number of rotatable bonds is 5. The summed E-state index contributed by atoms with van der Waals surface area (Å²) in [6, 6.07) is 16.2. The van der Waals surface area contributed by atoms with Gasteiger partial charge in [0, 0.05) is 17.1 Å². The maximum atomic E-state index is 12.9. The van der Waals surface area contributed by atoms with Gasteiger partial charge in [-0.05, 0) is 99.0 Å². The van der Waals surface area contributed by atoms with Crippen molar-refractivity contribution in [3.8, 4) is 11.4 Å². The molecule has 36 heavy (non-hydrogen) atoms. The first-order valence-corrected chi connectivity index (χ1v) is 12.5. The monoisotopic (exact) mass is 497 g/mol. The highest BCUT2D eigenvalue weighted by Crippen LogP contribution is 2.31. The minimum atomic E-state index is -0.439. The van der Waals surface area contributed by atoms with Crippen LogP contribution in [0, 0.1) is 40.0 Å². The third-order valence-corrected chi connectivity index (χ3v) is 7.11. The van der Waals surface area contributed by atoms with E-state index in [1.807, 2.05) is 51.1 Å².